The van der Waals surface area contributed by atoms with Crippen molar-refractivity contribution in [2.24, 2.45) is 0 Å². The zero-order chi connectivity index (χ0) is 16.1. The smallest absolute Gasteiger partial charge is 0.237 e. The Labute approximate surface area is 158 Å². The van der Waals surface area contributed by atoms with Gasteiger partial charge in [-0.3, -0.25) is 4.79 Å². The van der Waals surface area contributed by atoms with Crippen LogP contribution in [0.3, 0.4) is 0 Å². The number of nitrogens with one attached hydrogen (secondary N) is 2. The second-order valence-electron chi connectivity index (χ2n) is 5.49. The minimum atomic E-state index is -0.443. The topological polar surface area (TPSA) is 83.5 Å². The summed E-state index contributed by atoms with van der Waals surface area (Å²) in [6, 6.07) is 12.7. The fraction of sp³-hybridized carbons (Fsp3) is 0.294. The highest BCUT2D eigenvalue weighted by molar-refractivity contribution is 5.85. The van der Waals surface area contributed by atoms with E-state index in [0.29, 0.717) is 25.4 Å². The van der Waals surface area contributed by atoms with E-state index >= 15 is 0 Å². The molecule has 2 atom stereocenters. The van der Waals surface area contributed by atoms with Crippen LogP contribution < -0.4 is 15.4 Å². The molecule has 0 spiro atoms. The Balaban J connectivity index is 0.00000156. The number of pyridine rings is 1. The number of ether oxygens (including phenoxy) is 1. The number of aromatic nitrogens is 1. The molecular weight excluding hydrogens is 365 g/mol. The monoisotopic (exact) mass is 385 g/mol. The van der Waals surface area contributed by atoms with Crippen molar-refractivity contribution in [1.29, 1.82) is 0 Å². The molecule has 0 aliphatic carbocycles. The Morgan fingerprint density at radius 1 is 1.24 bits per heavy atom. The number of β-amino-alcohol motifs (C(OH)–C–C–N with tert-alkyl or cyclic N) is 1. The SMILES string of the molecule is Cl.Cl.O=C(NCc1ccc(Oc2ccccc2)nc1)C1CC(O)CN1. The molecular formula is C17H21Cl2N3O3. The van der Waals surface area contributed by atoms with Gasteiger partial charge in [-0.25, -0.2) is 4.98 Å². The molecule has 2 heterocycles. The van der Waals surface area contributed by atoms with E-state index in [1.807, 2.05) is 36.4 Å². The van der Waals surface area contributed by atoms with Crippen molar-refractivity contribution in [1.82, 2.24) is 15.6 Å². The van der Waals surface area contributed by atoms with Crippen LogP contribution in [0.25, 0.3) is 0 Å². The molecule has 8 heteroatoms. The maximum Gasteiger partial charge on any atom is 0.237 e. The van der Waals surface area contributed by atoms with Crippen molar-refractivity contribution >= 4 is 30.7 Å². The average molecular weight is 386 g/mol. The minimum Gasteiger partial charge on any atom is -0.439 e. The second-order valence-corrected chi connectivity index (χ2v) is 5.49. The lowest BCUT2D eigenvalue weighted by atomic mass is 10.2. The van der Waals surface area contributed by atoms with Gasteiger partial charge in [0.05, 0.1) is 12.1 Å². The summed E-state index contributed by atoms with van der Waals surface area (Å²) >= 11 is 0. The van der Waals surface area contributed by atoms with Gasteiger partial charge in [-0.1, -0.05) is 24.3 Å². The molecule has 1 aromatic carbocycles. The predicted octanol–water partition coefficient (Wildman–Crippen LogP) is 2.06. The number of carbonyl (C=O) groups excluding carboxylic acids is 1. The number of para-hydroxylation sites is 1. The van der Waals surface area contributed by atoms with Gasteiger partial charge in [0.25, 0.3) is 0 Å². The number of aliphatic hydroxyl groups excluding tert-OH is 1. The Bertz CT molecular complexity index is 656. The van der Waals surface area contributed by atoms with Gasteiger partial charge in [0.15, 0.2) is 0 Å². The number of carbonyl (C=O) groups is 1. The quantitative estimate of drug-likeness (QED) is 0.733. The van der Waals surface area contributed by atoms with E-state index in [-0.39, 0.29) is 36.8 Å². The Morgan fingerprint density at radius 2 is 2.00 bits per heavy atom. The van der Waals surface area contributed by atoms with Gasteiger partial charge in [-0.15, -0.1) is 24.8 Å². The minimum absolute atomic E-state index is 0. The van der Waals surface area contributed by atoms with E-state index in [9.17, 15) is 9.90 Å². The predicted molar refractivity (Wildman–Crippen MR) is 99.5 cm³/mol. The first-order valence-electron chi connectivity index (χ1n) is 7.58. The van der Waals surface area contributed by atoms with Crippen LogP contribution >= 0.6 is 24.8 Å². The Kier molecular flexibility index (Phi) is 8.65. The highest BCUT2D eigenvalue weighted by Gasteiger charge is 2.27. The zero-order valence-corrected chi connectivity index (χ0v) is 15.1. The van der Waals surface area contributed by atoms with Crippen LogP contribution in [-0.2, 0) is 11.3 Å². The Morgan fingerprint density at radius 3 is 2.60 bits per heavy atom. The molecule has 25 heavy (non-hydrogen) atoms. The number of hydrogen-bond donors (Lipinski definition) is 3. The van der Waals surface area contributed by atoms with Crippen LogP contribution in [0.2, 0.25) is 0 Å². The fourth-order valence-corrected chi connectivity index (χ4v) is 2.41. The maximum absolute atomic E-state index is 11.9. The van der Waals surface area contributed by atoms with Crippen LogP contribution in [0.5, 0.6) is 11.6 Å². The van der Waals surface area contributed by atoms with Gasteiger partial charge < -0.3 is 20.5 Å². The molecule has 1 amide bonds. The average Bonchev–Trinajstić information content (AvgIpc) is 3.01. The van der Waals surface area contributed by atoms with E-state index in [1.54, 1.807) is 12.3 Å². The summed E-state index contributed by atoms with van der Waals surface area (Å²) < 4.78 is 5.62. The van der Waals surface area contributed by atoms with Crippen molar-refractivity contribution in [2.75, 3.05) is 6.54 Å². The number of benzene rings is 1. The number of hydrogen-bond acceptors (Lipinski definition) is 5. The first-order valence-corrected chi connectivity index (χ1v) is 7.58. The molecule has 0 saturated carbocycles. The van der Waals surface area contributed by atoms with Gasteiger partial charge in [0.1, 0.15) is 5.75 Å². The van der Waals surface area contributed by atoms with Crippen molar-refractivity contribution in [3.63, 3.8) is 0 Å². The van der Waals surface area contributed by atoms with Crippen LogP contribution in [0.1, 0.15) is 12.0 Å². The lowest BCUT2D eigenvalue weighted by molar-refractivity contribution is -0.123. The van der Waals surface area contributed by atoms with Crippen LogP contribution in [0.4, 0.5) is 0 Å². The first-order chi connectivity index (χ1) is 11.2. The number of aliphatic hydroxyl groups is 1. The number of nitrogens with zero attached hydrogens (tertiary/aromatic N) is 1. The highest BCUT2D eigenvalue weighted by Crippen LogP contribution is 2.18. The van der Waals surface area contributed by atoms with Gasteiger partial charge in [-0.05, 0) is 24.1 Å². The third-order valence-electron chi connectivity index (χ3n) is 3.65. The third-order valence-corrected chi connectivity index (χ3v) is 3.65. The lowest BCUT2D eigenvalue weighted by Crippen LogP contribution is -2.40. The molecule has 3 N–H and O–H groups in total. The molecule has 1 aliphatic heterocycles. The molecule has 6 nitrogen and oxygen atoms in total. The van der Waals surface area contributed by atoms with E-state index < -0.39 is 6.10 Å². The van der Waals surface area contributed by atoms with E-state index in [2.05, 4.69) is 15.6 Å². The van der Waals surface area contributed by atoms with Crippen molar-refractivity contribution in [3.8, 4) is 11.6 Å². The van der Waals surface area contributed by atoms with Crippen molar-refractivity contribution < 1.29 is 14.6 Å². The molecule has 2 aromatic rings. The van der Waals surface area contributed by atoms with Crippen molar-refractivity contribution in [2.45, 2.75) is 25.1 Å². The normalized spacial score (nSPS) is 18.6. The number of rotatable bonds is 5. The summed E-state index contributed by atoms with van der Waals surface area (Å²) in [6.07, 6.45) is 1.69. The summed E-state index contributed by atoms with van der Waals surface area (Å²) in [5, 5.41) is 15.2. The molecule has 1 aliphatic rings. The van der Waals surface area contributed by atoms with Gasteiger partial charge in [0.2, 0.25) is 11.8 Å². The molecule has 3 rings (SSSR count). The van der Waals surface area contributed by atoms with Crippen LogP contribution in [0, 0.1) is 0 Å². The summed E-state index contributed by atoms with van der Waals surface area (Å²) in [5.41, 5.74) is 0.886. The number of halogens is 2. The summed E-state index contributed by atoms with van der Waals surface area (Å²) in [5.74, 6) is 1.13. The standard InChI is InChI=1S/C17H19N3O3.2ClH/c21-13-8-15(18-11-13)17(22)20-10-12-6-7-16(19-9-12)23-14-4-2-1-3-5-14;;/h1-7,9,13,15,18,21H,8,10-11H2,(H,20,22);2*1H. The molecule has 1 aromatic heterocycles. The summed E-state index contributed by atoms with van der Waals surface area (Å²) in [4.78, 5) is 16.2. The van der Waals surface area contributed by atoms with E-state index in [1.165, 1.54) is 0 Å². The third kappa shape index (κ3) is 6.17. The summed E-state index contributed by atoms with van der Waals surface area (Å²) in [6.45, 7) is 0.858. The van der Waals surface area contributed by atoms with E-state index in [4.69, 9.17) is 4.74 Å². The number of amides is 1. The zero-order valence-electron chi connectivity index (χ0n) is 13.4. The molecule has 1 saturated heterocycles. The van der Waals surface area contributed by atoms with Gasteiger partial charge in [0, 0.05) is 25.4 Å². The van der Waals surface area contributed by atoms with Crippen molar-refractivity contribution in [3.05, 3.63) is 54.2 Å². The van der Waals surface area contributed by atoms with Gasteiger partial charge in [-0.2, -0.15) is 0 Å². The van der Waals surface area contributed by atoms with E-state index in [0.717, 1.165) is 11.3 Å². The molecule has 1 fully saturated rings. The molecule has 0 bridgehead atoms. The highest BCUT2D eigenvalue weighted by atomic mass is 35.5. The largest absolute Gasteiger partial charge is 0.439 e. The van der Waals surface area contributed by atoms with Gasteiger partial charge >= 0.3 is 0 Å². The van der Waals surface area contributed by atoms with Crippen LogP contribution in [-0.4, -0.2) is 34.7 Å². The summed E-state index contributed by atoms with van der Waals surface area (Å²) in [7, 11) is 0. The molecule has 136 valence electrons. The first kappa shape index (κ1) is 21.2. The fourth-order valence-electron chi connectivity index (χ4n) is 2.41. The maximum atomic E-state index is 11.9. The van der Waals surface area contributed by atoms with Crippen LogP contribution in [0.15, 0.2) is 48.7 Å². The molecule has 2 unspecified atom stereocenters. The second kappa shape index (κ2) is 10.2. The Hall–Kier alpha value is -1.86. The molecule has 0 radical (unpaired) electrons. The lowest BCUT2D eigenvalue weighted by Gasteiger charge is -2.11.